The quantitative estimate of drug-likeness (QED) is 0.220. The molecule has 3 aromatic carbocycles. The van der Waals surface area contributed by atoms with E-state index in [1.54, 1.807) is 66.7 Å². The number of aromatic carboxylic acids is 1. The Balaban J connectivity index is 0.00000300. The van der Waals surface area contributed by atoms with Crippen LogP contribution in [0.4, 0.5) is 5.69 Å². The molecule has 0 heterocycles. The van der Waals surface area contributed by atoms with Crippen molar-refractivity contribution in [3.05, 3.63) is 89.5 Å². The molecule has 1 amide bonds. The van der Waals surface area contributed by atoms with Crippen molar-refractivity contribution in [1.82, 2.24) is 0 Å². The molecule has 8 heteroatoms. The molecule has 0 aliphatic rings. The molecule has 5 N–H and O–H groups in total. The van der Waals surface area contributed by atoms with Gasteiger partial charge in [0, 0.05) is 16.8 Å². The molecular weight excluding hydrogens is 394 g/mol. The number of carboxylic acids is 1. The first kappa shape index (κ1) is 21.5. The van der Waals surface area contributed by atoms with Gasteiger partial charge in [-0.2, -0.15) is 0 Å². The van der Waals surface area contributed by atoms with Crippen molar-refractivity contribution in [2.24, 2.45) is 10.9 Å². The summed E-state index contributed by atoms with van der Waals surface area (Å²) in [5, 5.41) is 23.8. The lowest BCUT2D eigenvalue weighted by Gasteiger charge is -2.12. The van der Waals surface area contributed by atoms with E-state index in [1.165, 1.54) is 6.07 Å². The number of hydrogen-bond donors (Lipinski definition) is 4. The van der Waals surface area contributed by atoms with Crippen LogP contribution in [-0.4, -0.2) is 28.0 Å². The predicted molar refractivity (Wildman–Crippen MR) is 113 cm³/mol. The topological polar surface area (TPSA) is 125 Å². The number of nitrogens with zero attached hydrogens (tertiary/aromatic N) is 1. The highest BCUT2D eigenvalue weighted by atomic mass is 35.5. The maximum absolute atomic E-state index is 12.8. The van der Waals surface area contributed by atoms with Crippen LogP contribution in [0.15, 0.2) is 78.0 Å². The highest BCUT2D eigenvalue weighted by molar-refractivity contribution is 6.10. The molecule has 3 aromatic rings. The Labute approximate surface area is 172 Å². The Hall–Kier alpha value is -3.84. The molecule has 0 fully saturated rings. The molecule has 0 aromatic heterocycles. The third-order valence-electron chi connectivity index (χ3n) is 4.17. The summed E-state index contributed by atoms with van der Waals surface area (Å²) in [7, 11) is 0. The zero-order valence-electron chi connectivity index (χ0n) is 15.1. The van der Waals surface area contributed by atoms with Crippen LogP contribution in [0.5, 0.6) is 0 Å². The monoisotopic (exact) mass is 411 g/mol. The number of amides is 1. The van der Waals surface area contributed by atoms with Crippen molar-refractivity contribution in [2.45, 2.75) is 0 Å². The third kappa shape index (κ3) is 4.72. The zero-order chi connectivity index (χ0) is 20.1. The van der Waals surface area contributed by atoms with Gasteiger partial charge >= 0.3 is 5.97 Å². The van der Waals surface area contributed by atoms with Crippen LogP contribution in [0.3, 0.4) is 0 Å². The number of benzene rings is 3. The van der Waals surface area contributed by atoms with Gasteiger partial charge in [-0.3, -0.25) is 4.79 Å². The SMILES string of the molecule is Cl.NC(=NO)c1ccc(NC(=O)c2ccccc2-c2ccccc2C(=O)O)cc1. The van der Waals surface area contributed by atoms with E-state index >= 15 is 0 Å². The number of halogens is 1. The van der Waals surface area contributed by atoms with Crippen molar-refractivity contribution < 1.29 is 19.9 Å². The van der Waals surface area contributed by atoms with Crippen LogP contribution in [0.2, 0.25) is 0 Å². The number of carboxylic acid groups (broad SMARTS) is 1. The van der Waals surface area contributed by atoms with Crippen molar-refractivity contribution in [2.75, 3.05) is 5.32 Å². The van der Waals surface area contributed by atoms with E-state index < -0.39 is 5.97 Å². The van der Waals surface area contributed by atoms with Crippen LogP contribution >= 0.6 is 12.4 Å². The second-order valence-corrected chi connectivity index (χ2v) is 5.91. The molecule has 0 aliphatic heterocycles. The Bertz CT molecular complexity index is 1070. The molecule has 29 heavy (non-hydrogen) atoms. The number of rotatable bonds is 5. The summed E-state index contributed by atoms with van der Waals surface area (Å²) < 4.78 is 0. The second kappa shape index (κ2) is 9.38. The smallest absolute Gasteiger partial charge is 0.336 e. The van der Waals surface area contributed by atoms with Gasteiger partial charge in [0.1, 0.15) is 0 Å². The van der Waals surface area contributed by atoms with Gasteiger partial charge in [-0.05, 0) is 47.5 Å². The molecule has 7 nitrogen and oxygen atoms in total. The number of hydrogen-bond acceptors (Lipinski definition) is 4. The Morgan fingerprint density at radius 3 is 1.90 bits per heavy atom. The number of anilines is 1. The van der Waals surface area contributed by atoms with Crippen molar-refractivity contribution >= 4 is 35.8 Å². The first-order valence-corrected chi connectivity index (χ1v) is 8.32. The fraction of sp³-hybridized carbons (Fsp3) is 0. The number of oxime groups is 1. The lowest BCUT2D eigenvalue weighted by Crippen LogP contribution is -2.15. The summed E-state index contributed by atoms with van der Waals surface area (Å²) in [5.41, 5.74) is 7.99. The summed E-state index contributed by atoms with van der Waals surface area (Å²) in [6.45, 7) is 0. The van der Waals surface area contributed by atoms with Crippen molar-refractivity contribution in [3.8, 4) is 11.1 Å². The minimum absolute atomic E-state index is 0. The molecule has 0 bridgehead atoms. The van der Waals surface area contributed by atoms with Crippen LogP contribution in [0.25, 0.3) is 11.1 Å². The molecular formula is C21H18ClN3O4. The Morgan fingerprint density at radius 2 is 1.34 bits per heavy atom. The first-order chi connectivity index (χ1) is 13.5. The van der Waals surface area contributed by atoms with Crippen LogP contribution in [-0.2, 0) is 0 Å². The average Bonchev–Trinajstić information content (AvgIpc) is 2.73. The highest BCUT2D eigenvalue weighted by Gasteiger charge is 2.17. The van der Waals surface area contributed by atoms with E-state index in [-0.39, 0.29) is 29.7 Å². The summed E-state index contributed by atoms with van der Waals surface area (Å²) >= 11 is 0. The van der Waals surface area contributed by atoms with Gasteiger partial charge in [0.25, 0.3) is 5.91 Å². The molecule has 0 aliphatic carbocycles. The number of nitrogens with two attached hydrogens (primary N) is 1. The predicted octanol–water partition coefficient (Wildman–Crippen LogP) is 3.82. The highest BCUT2D eigenvalue weighted by Crippen LogP contribution is 2.28. The lowest BCUT2D eigenvalue weighted by atomic mass is 9.95. The fourth-order valence-corrected chi connectivity index (χ4v) is 2.80. The number of nitrogens with one attached hydrogen (secondary N) is 1. The Kier molecular flexibility index (Phi) is 6.94. The van der Waals surface area contributed by atoms with E-state index in [9.17, 15) is 14.7 Å². The molecule has 0 saturated heterocycles. The van der Waals surface area contributed by atoms with Crippen LogP contribution in [0.1, 0.15) is 26.3 Å². The molecule has 0 saturated carbocycles. The second-order valence-electron chi connectivity index (χ2n) is 5.91. The van der Waals surface area contributed by atoms with E-state index in [1.807, 2.05) is 0 Å². The third-order valence-corrected chi connectivity index (χ3v) is 4.17. The van der Waals surface area contributed by atoms with Crippen molar-refractivity contribution in [1.29, 1.82) is 0 Å². The van der Waals surface area contributed by atoms with Gasteiger partial charge in [-0.25, -0.2) is 4.79 Å². The molecule has 0 radical (unpaired) electrons. The minimum Gasteiger partial charge on any atom is -0.478 e. The van der Waals surface area contributed by atoms with E-state index in [0.717, 1.165) is 0 Å². The van der Waals surface area contributed by atoms with E-state index in [4.69, 9.17) is 10.9 Å². The molecule has 3 rings (SSSR count). The zero-order valence-corrected chi connectivity index (χ0v) is 15.9. The van der Waals surface area contributed by atoms with E-state index in [0.29, 0.717) is 27.9 Å². The van der Waals surface area contributed by atoms with Gasteiger partial charge in [-0.15, -0.1) is 12.4 Å². The summed E-state index contributed by atoms with van der Waals surface area (Å²) in [4.78, 5) is 24.4. The number of amidine groups is 1. The average molecular weight is 412 g/mol. The fourth-order valence-electron chi connectivity index (χ4n) is 2.80. The van der Waals surface area contributed by atoms with Crippen LogP contribution in [0, 0.1) is 0 Å². The number of carbonyl (C=O) groups is 2. The summed E-state index contributed by atoms with van der Waals surface area (Å²) in [5.74, 6) is -1.48. The van der Waals surface area contributed by atoms with E-state index in [2.05, 4.69) is 10.5 Å². The Morgan fingerprint density at radius 1 is 0.828 bits per heavy atom. The summed E-state index contributed by atoms with van der Waals surface area (Å²) in [6, 6.07) is 19.8. The summed E-state index contributed by atoms with van der Waals surface area (Å²) in [6.07, 6.45) is 0. The number of carbonyl (C=O) groups excluding carboxylic acids is 1. The molecule has 0 unspecified atom stereocenters. The van der Waals surface area contributed by atoms with Gasteiger partial charge in [0.05, 0.1) is 5.56 Å². The molecule has 148 valence electrons. The maximum atomic E-state index is 12.8. The van der Waals surface area contributed by atoms with Gasteiger partial charge < -0.3 is 21.4 Å². The van der Waals surface area contributed by atoms with Gasteiger partial charge in [-0.1, -0.05) is 41.6 Å². The van der Waals surface area contributed by atoms with Gasteiger partial charge in [0.2, 0.25) is 0 Å². The first-order valence-electron chi connectivity index (χ1n) is 8.32. The largest absolute Gasteiger partial charge is 0.478 e. The normalized spacial score (nSPS) is 10.7. The van der Waals surface area contributed by atoms with Crippen LogP contribution < -0.4 is 11.1 Å². The maximum Gasteiger partial charge on any atom is 0.336 e. The minimum atomic E-state index is -1.07. The molecule has 0 atom stereocenters. The van der Waals surface area contributed by atoms with Crippen molar-refractivity contribution in [3.63, 3.8) is 0 Å². The molecule has 0 spiro atoms. The van der Waals surface area contributed by atoms with Gasteiger partial charge in [0.15, 0.2) is 5.84 Å². The lowest BCUT2D eigenvalue weighted by molar-refractivity contribution is 0.0697. The standard InChI is InChI=1S/C21H17N3O4.ClH/c22-19(24-28)13-9-11-14(12-10-13)23-20(25)17-7-3-1-5-15(17)16-6-2-4-8-18(16)21(26)27;/h1-12,28H,(H2,22,24)(H,23,25)(H,26,27);1H.